The first-order chi connectivity index (χ1) is 13.8. The number of nitrogens with one attached hydrogen (secondary N) is 3. The van der Waals surface area contributed by atoms with Gasteiger partial charge in [-0.15, -0.1) is 0 Å². The zero-order chi connectivity index (χ0) is 21.0. The van der Waals surface area contributed by atoms with Crippen molar-refractivity contribution in [2.45, 2.75) is 24.8 Å². The van der Waals surface area contributed by atoms with Crippen LogP contribution in [0.5, 0.6) is 11.5 Å². The molecule has 0 unspecified atom stereocenters. The number of hydrogen-bond acceptors (Lipinski definition) is 6. The van der Waals surface area contributed by atoms with Crippen LogP contribution in [-0.2, 0) is 19.6 Å². The standard InChI is InChI=1S/C19H21N3O6S/c1-12-7-8-14(9-13(12)2)29(25,26)20-10-18(23)21-22-19(24)17-11-27-15-5-3-4-6-16(15)28-17/h3-9,17,20H,10-11H2,1-2H3,(H,21,23)(H,22,24)/t17-/m1/s1. The molecule has 1 aliphatic heterocycles. The Morgan fingerprint density at radius 3 is 2.48 bits per heavy atom. The third kappa shape index (κ3) is 5.04. The van der Waals surface area contributed by atoms with E-state index >= 15 is 0 Å². The van der Waals surface area contributed by atoms with Crippen molar-refractivity contribution >= 4 is 21.8 Å². The number of rotatable bonds is 5. The summed E-state index contributed by atoms with van der Waals surface area (Å²) >= 11 is 0. The fourth-order valence-electron chi connectivity index (χ4n) is 2.53. The third-order valence-electron chi connectivity index (χ3n) is 4.34. The molecule has 29 heavy (non-hydrogen) atoms. The lowest BCUT2D eigenvalue weighted by Crippen LogP contribution is -2.52. The molecule has 2 aromatic carbocycles. The van der Waals surface area contributed by atoms with E-state index in [9.17, 15) is 18.0 Å². The average molecular weight is 419 g/mol. The van der Waals surface area contributed by atoms with Crippen molar-refractivity contribution in [3.05, 3.63) is 53.6 Å². The topological polar surface area (TPSA) is 123 Å². The maximum atomic E-state index is 12.3. The molecule has 1 atom stereocenters. The fourth-order valence-corrected chi connectivity index (χ4v) is 3.60. The van der Waals surface area contributed by atoms with Gasteiger partial charge in [-0.05, 0) is 49.2 Å². The lowest BCUT2D eigenvalue weighted by Gasteiger charge is -2.25. The molecular formula is C19H21N3O6S. The summed E-state index contributed by atoms with van der Waals surface area (Å²) in [6.45, 7) is 3.11. The smallest absolute Gasteiger partial charge is 0.283 e. The number of hydrogen-bond donors (Lipinski definition) is 3. The maximum Gasteiger partial charge on any atom is 0.283 e. The summed E-state index contributed by atoms with van der Waals surface area (Å²) in [7, 11) is -3.86. The highest BCUT2D eigenvalue weighted by Crippen LogP contribution is 2.30. The van der Waals surface area contributed by atoms with Crippen LogP contribution in [-0.4, -0.2) is 39.5 Å². The number of ether oxygens (including phenoxy) is 2. The molecule has 0 aliphatic carbocycles. The van der Waals surface area contributed by atoms with Crippen LogP contribution in [0.15, 0.2) is 47.4 Å². The van der Waals surface area contributed by atoms with Crippen molar-refractivity contribution < 1.29 is 27.5 Å². The van der Waals surface area contributed by atoms with Gasteiger partial charge < -0.3 is 9.47 Å². The SMILES string of the molecule is Cc1ccc(S(=O)(=O)NCC(=O)NNC(=O)[C@H]2COc3ccccc3O2)cc1C. The number of benzene rings is 2. The highest BCUT2D eigenvalue weighted by Gasteiger charge is 2.27. The zero-order valence-corrected chi connectivity index (χ0v) is 16.7. The number of hydrazine groups is 1. The predicted molar refractivity (Wildman–Crippen MR) is 104 cm³/mol. The Hall–Kier alpha value is -3.11. The van der Waals surface area contributed by atoms with Crippen LogP contribution in [0.3, 0.4) is 0 Å². The molecule has 1 heterocycles. The number of sulfonamides is 1. The van der Waals surface area contributed by atoms with Crippen molar-refractivity contribution in [2.24, 2.45) is 0 Å². The van der Waals surface area contributed by atoms with E-state index in [2.05, 4.69) is 15.6 Å². The predicted octanol–water partition coefficient (Wildman–Crippen LogP) is 0.569. The monoisotopic (exact) mass is 419 g/mol. The lowest BCUT2D eigenvalue weighted by atomic mass is 10.1. The molecule has 0 spiro atoms. The van der Waals surface area contributed by atoms with Crippen LogP contribution in [0.1, 0.15) is 11.1 Å². The summed E-state index contributed by atoms with van der Waals surface area (Å²) in [4.78, 5) is 24.1. The molecule has 0 saturated heterocycles. The summed E-state index contributed by atoms with van der Waals surface area (Å²) in [5.74, 6) is -0.402. The van der Waals surface area contributed by atoms with Crippen molar-refractivity contribution in [2.75, 3.05) is 13.2 Å². The Labute approximate surface area is 168 Å². The molecule has 0 saturated carbocycles. The first kappa shape index (κ1) is 20.6. The Morgan fingerprint density at radius 1 is 1.03 bits per heavy atom. The summed E-state index contributed by atoms with van der Waals surface area (Å²) in [6.07, 6.45) is -0.947. The van der Waals surface area contributed by atoms with E-state index < -0.39 is 34.5 Å². The molecule has 2 aromatic rings. The quantitative estimate of drug-likeness (QED) is 0.609. The van der Waals surface area contributed by atoms with E-state index in [1.54, 1.807) is 37.3 Å². The molecule has 2 amide bonds. The van der Waals surface area contributed by atoms with Gasteiger partial charge in [0.05, 0.1) is 11.4 Å². The van der Waals surface area contributed by atoms with Crippen LogP contribution in [0.4, 0.5) is 0 Å². The van der Waals surface area contributed by atoms with E-state index in [0.717, 1.165) is 11.1 Å². The molecule has 0 radical (unpaired) electrons. The number of carbonyl (C=O) groups is 2. The Bertz CT molecular complexity index is 1040. The highest BCUT2D eigenvalue weighted by molar-refractivity contribution is 7.89. The van der Waals surface area contributed by atoms with Gasteiger partial charge in [0.2, 0.25) is 16.1 Å². The summed E-state index contributed by atoms with van der Waals surface area (Å²) in [5.41, 5.74) is 6.12. The molecule has 154 valence electrons. The van der Waals surface area contributed by atoms with Gasteiger partial charge in [0, 0.05) is 0 Å². The molecule has 9 nitrogen and oxygen atoms in total. The van der Waals surface area contributed by atoms with Crippen LogP contribution in [0, 0.1) is 13.8 Å². The number of amides is 2. The van der Waals surface area contributed by atoms with E-state index in [-0.39, 0.29) is 11.5 Å². The van der Waals surface area contributed by atoms with Crippen molar-refractivity contribution in [1.82, 2.24) is 15.6 Å². The van der Waals surface area contributed by atoms with E-state index in [4.69, 9.17) is 9.47 Å². The summed E-state index contributed by atoms with van der Waals surface area (Å²) < 4.78 is 37.7. The third-order valence-corrected chi connectivity index (χ3v) is 5.74. The Morgan fingerprint density at radius 2 is 1.76 bits per heavy atom. The van der Waals surface area contributed by atoms with E-state index in [1.807, 2.05) is 6.92 Å². The number of aryl methyl sites for hydroxylation is 2. The van der Waals surface area contributed by atoms with Crippen LogP contribution in [0.25, 0.3) is 0 Å². The molecule has 0 aromatic heterocycles. The average Bonchev–Trinajstić information content (AvgIpc) is 2.72. The molecule has 0 fully saturated rings. The van der Waals surface area contributed by atoms with E-state index in [1.165, 1.54) is 12.1 Å². The van der Waals surface area contributed by atoms with Gasteiger partial charge in [-0.25, -0.2) is 13.1 Å². The van der Waals surface area contributed by atoms with Gasteiger partial charge in [0.15, 0.2) is 11.5 Å². The van der Waals surface area contributed by atoms with Crippen molar-refractivity contribution in [3.8, 4) is 11.5 Å². The van der Waals surface area contributed by atoms with Gasteiger partial charge in [-0.2, -0.15) is 0 Å². The van der Waals surface area contributed by atoms with Crippen LogP contribution >= 0.6 is 0 Å². The minimum atomic E-state index is -3.86. The normalized spacial score (nSPS) is 15.4. The first-order valence-corrected chi connectivity index (χ1v) is 10.3. The molecule has 3 N–H and O–H groups in total. The molecule has 1 aliphatic rings. The first-order valence-electron chi connectivity index (χ1n) is 8.80. The molecular weight excluding hydrogens is 398 g/mol. The largest absolute Gasteiger partial charge is 0.485 e. The van der Waals surface area contributed by atoms with Gasteiger partial charge in [-0.1, -0.05) is 18.2 Å². The number of carbonyl (C=O) groups excluding carboxylic acids is 2. The lowest BCUT2D eigenvalue weighted by molar-refractivity contribution is -0.134. The second kappa shape index (κ2) is 8.50. The van der Waals surface area contributed by atoms with Crippen molar-refractivity contribution in [1.29, 1.82) is 0 Å². The maximum absolute atomic E-state index is 12.3. The Balaban J connectivity index is 1.48. The van der Waals surface area contributed by atoms with Gasteiger partial charge in [0.25, 0.3) is 11.8 Å². The van der Waals surface area contributed by atoms with E-state index in [0.29, 0.717) is 11.5 Å². The molecule has 0 bridgehead atoms. The second-order valence-electron chi connectivity index (χ2n) is 6.47. The fraction of sp³-hybridized carbons (Fsp3) is 0.263. The number of para-hydroxylation sites is 2. The second-order valence-corrected chi connectivity index (χ2v) is 8.24. The van der Waals surface area contributed by atoms with Crippen LogP contribution < -0.4 is 25.0 Å². The van der Waals surface area contributed by atoms with Gasteiger partial charge in [0.1, 0.15) is 6.61 Å². The van der Waals surface area contributed by atoms with Gasteiger partial charge >= 0.3 is 0 Å². The summed E-state index contributed by atoms with van der Waals surface area (Å²) in [5, 5.41) is 0. The molecule has 3 rings (SSSR count). The minimum absolute atomic E-state index is 0.0158. The number of fused-ring (bicyclic) bond motifs is 1. The highest BCUT2D eigenvalue weighted by atomic mass is 32.2. The minimum Gasteiger partial charge on any atom is -0.485 e. The van der Waals surface area contributed by atoms with Crippen molar-refractivity contribution in [3.63, 3.8) is 0 Å². The summed E-state index contributed by atoms with van der Waals surface area (Å²) in [6, 6.07) is 11.6. The Kier molecular flexibility index (Phi) is 6.04. The van der Waals surface area contributed by atoms with Gasteiger partial charge in [-0.3, -0.25) is 20.4 Å². The zero-order valence-electron chi connectivity index (χ0n) is 15.9. The van der Waals surface area contributed by atoms with Crippen LogP contribution in [0.2, 0.25) is 0 Å². The molecule has 10 heteroatoms.